The van der Waals surface area contributed by atoms with Crippen LogP contribution in [0.1, 0.15) is 28.6 Å². The van der Waals surface area contributed by atoms with E-state index in [9.17, 15) is 9.90 Å². The van der Waals surface area contributed by atoms with E-state index in [0.29, 0.717) is 35.1 Å². The summed E-state index contributed by atoms with van der Waals surface area (Å²) in [5, 5.41) is 11.6. The molecule has 1 saturated heterocycles. The number of rotatable bonds is 6. The van der Waals surface area contributed by atoms with E-state index in [1.807, 2.05) is 55.5 Å². The normalized spacial score (nSPS) is 15.3. The number of pyridine rings is 2. The summed E-state index contributed by atoms with van der Waals surface area (Å²) in [6, 6.07) is 18.2. The lowest BCUT2D eigenvalue weighted by atomic mass is 9.95. The fraction of sp³-hybridized carbons (Fsp3) is 0.259. The second kappa shape index (κ2) is 9.98. The highest BCUT2D eigenvalue weighted by Gasteiger charge is 2.33. The first kappa shape index (κ1) is 23.2. The van der Waals surface area contributed by atoms with E-state index in [0.717, 1.165) is 24.5 Å². The molecule has 5 rings (SSSR count). The van der Waals surface area contributed by atoms with Crippen LogP contribution in [0.25, 0.3) is 0 Å². The van der Waals surface area contributed by atoms with Crippen molar-refractivity contribution in [2.75, 3.05) is 31.1 Å². The Kier molecular flexibility index (Phi) is 6.61. The monoisotopic (exact) mass is 490 g/mol. The molecule has 3 aromatic heterocycles. The number of furan rings is 1. The standard InChI is InChI=1S/C27H27ClN4O3/c1-19-17-23(33)25(27(34)32(19)18-20-7-6-16-35-20)26(21-8-2-3-9-22(21)28)31-14-12-30(13-15-31)24-10-4-5-11-29-24/h2-11,16-17,26,33H,12-15,18H2,1H3/t26-/m0/s1. The molecule has 35 heavy (non-hydrogen) atoms. The molecule has 0 aliphatic carbocycles. The van der Waals surface area contributed by atoms with E-state index >= 15 is 0 Å². The zero-order valence-electron chi connectivity index (χ0n) is 19.5. The summed E-state index contributed by atoms with van der Waals surface area (Å²) >= 11 is 6.65. The second-order valence-corrected chi connectivity index (χ2v) is 9.10. The number of hydrogen-bond donors (Lipinski definition) is 1. The molecule has 1 atom stereocenters. The van der Waals surface area contributed by atoms with Crippen LogP contribution in [0.15, 0.2) is 82.3 Å². The number of halogens is 1. The molecule has 1 N–H and O–H groups in total. The highest BCUT2D eigenvalue weighted by molar-refractivity contribution is 6.31. The van der Waals surface area contributed by atoms with Gasteiger partial charge in [-0.15, -0.1) is 0 Å². The van der Waals surface area contributed by atoms with Gasteiger partial charge in [0.2, 0.25) is 0 Å². The summed E-state index contributed by atoms with van der Waals surface area (Å²) in [7, 11) is 0. The van der Waals surface area contributed by atoms with Crippen molar-refractivity contribution < 1.29 is 9.52 Å². The maximum atomic E-state index is 13.9. The van der Waals surface area contributed by atoms with Crippen LogP contribution in [0, 0.1) is 6.92 Å². The van der Waals surface area contributed by atoms with E-state index in [1.165, 1.54) is 0 Å². The lowest BCUT2D eigenvalue weighted by molar-refractivity contribution is 0.207. The minimum atomic E-state index is -0.495. The van der Waals surface area contributed by atoms with Gasteiger partial charge in [-0.25, -0.2) is 4.98 Å². The highest BCUT2D eigenvalue weighted by Crippen LogP contribution is 2.36. The van der Waals surface area contributed by atoms with Crippen LogP contribution < -0.4 is 10.5 Å². The fourth-order valence-corrected chi connectivity index (χ4v) is 5.00. The van der Waals surface area contributed by atoms with Gasteiger partial charge in [0.05, 0.1) is 24.4 Å². The first-order chi connectivity index (χ1) is 17.0. The summed E-state index contributed by atoms with van der Waals surface area (Å²) < 4.78 is 7.13. The van der Waals surface area contributed by atoms with Gasteiger partial charge in [0.1, 0.15) is 17.3 Å². The Bertz CT molecular complexity index is 1350. The van der Waals surface area contributed by atoms with E-state index in [2.05, 4.69) is 14.8 Å². The quantitative estimate of drug-likeness (QED) is 0.430. The van der Waals surface area contributed by atoms with Crippen LogP contribution in [0.2, 0.25) is 5.02 Å². The number of benzene rings is 1. The molecule has 0 spiro atoms. The smallest absolute Gasteiger partial charge is 0.260 e. The molecule has 180 valence electrons. The van der Waals surface area contributed by atoms with Crippen molar-refractivity contribution >= 4 is 17.4 Å². The first-order valence-corrected chi connectivity index (χ1v) is 12.0. The Morgan fingerprint density at radius 1 is 1.06 bits per heavy atom. The molecule has 1 fully saturated rings. The summed E-state index contributed by atoms with van der Waals surface area (Å²) in [6.45, 7) is 4.93. The molecule has 7 nitrogen and oxygen atoms in total. The Morgan fingerprint density at radius 3 is 2.51 bits per heavy atom. The van der Waals surface area contributed by atoms with Gasteiger partial charge in [0, 0.05) is 43.1 Å². The Balaban J connectivity index is 1.55. The first-order valence-electron chi connectivity index (χ1n) is 11.6. The number of aryl methyl sites for hydroxylation is 1. The van der Waals surface area contributed by atoms with Crippen LogP contribution in [-0.4, -0.2) is 45.7 Å². The fourth-order valence-electron chi connectivity index (χ4n) is 4.76. The molecule has 1 aliphatic heterocycles. The van der Waals surface area contributed by atoms with Crippen molar-refractivity contribution in [1.29, 1.82) is 0 Å². The lowest BCUT2D eigenvalue weighted by Crippen LogP contribution is -2.49. The maximum absolute atomic E-state index is 13.9. The molecular formula is C27H27ClN4O3. The van der Waals surface area contributed by atoms with Crippen molar-refractivity contribution in [2.45, 2.75) is 19.5 Å². The molecule has 4 aromatic rings. The van der Waals surface area contributed by atoms with Crippen LogP contribution in [0.4, 0.5) is 5.82 Å². The Morgan fingerprint density at radius 2 is 1.83 bits per heavy atom. The van der Waals surface area contributed by atoms with Crippen LogP contribution in [0.3, 0.4) is 0 Å². The molecule has 1 aromatic carbocycles. The van der Waals surface area contributed by atoms with Crippen LogP contribution in [0.5, 0.6) is 5.75 Å². The van der Waals surface area contributed by atoms with Crippen molar-refractivity contribution in [2.24, 2.45) is 0 Å². The van der Waals surface area contributed by atoms with Crippen LogP contribution >= 0.6 is 11.6 Å². The lowest BCUT2D eigenvalue weighted by Gasteiger charge is -2.40. The van der Waals surface area contributed by atoms with E-state index in [-0.39, 0.29) is 17.9 Å². The number of hydrogen-bond acceptors (Lipinski definition) is 6. The molecule has 0 amide bonds. The molecule has 0 unspecified atom stereocenters. The van der Waals surface area contributed by atoms with Crippen molar-refractivity contribution in [3.63, 3.8) is 0 Å². The van der Waals surface area contributed by atoms with Crippen LogP contribution in [-0.2, 0) is 6.54 Å². The van der Waals surface area contributed by atoms with Crippen molar-refractivity contribution in [3.8, 4) is 5.75 Å². The largest absolute Gasteiger partial charge is 0.507 e. The SMILES string of the molecule is Cc1cc(O)c([C@H](c2ccccc2Cl)N2CCN(c3ccccn3)CC2)c(=O)n1Cc1ccco1. The highest BCUT2D eigenvalue weighted by atomic mass is 35.5. The summed E-state index contributed by atoms with van der Waals surface area (Å²) in [5.74, 6) is 1.57. The molecule has 4 heterocycles. The van der Waals surface area contributed by atoms with Gasteiger partial charge in [0.25, 0.3) is 5.56 Å². The second-order valence-electron chi connectivity index (χ2n) is 8.69. The predicted molar refractivity (Wildman–Crippen MR) is 136 cm³/mol. The van der Waals surface area contributed by atoms with Gasteiger partial charge in [-0.2, -0.15) is 0 Å². The average Bonchev–Trinajstić information content (AvgIpc) is 3.39. The van der Waals surface area contributed by atoms with Gasteiger partial charge >= 0.3 is 0 Å². The number of piperazine rings is 1. The molecule has 0 bridgehead atoms. The minimum absolute atomic E-state index is 0.0275. The number of aromatic hydroxyl groups is 1. The average molecular weight is 491 g/mol. The van der Waals surface area contributed by atoms with Crippen molar-refractivity contribution in [1.82, 2.24) is 14.5 Å². The number of anilines is 1. The van der Waals surface area contributed by atoms with E-state index in [4.69, 9.17) is 16.0 Å². The topological polar surface area (TPSA) is 74.7 Å². The van der Waals surface area contributed by atoms with E-state index in [1.54, 1.807) is 29.2 Å². The zero-order chi connectivity index (χ0) is 24.4. The third-order valence-electron chi connectivity index (χ3n) is 6.54. The van der Waals surface area contributed by atoms with Gasteiger partial charge in [-0.05, 0) is 48.9 Å². The van der Waals surface area contributed by atoms with Gasteiger partial charge in [0.15, 0.2) is 0 Å². The zero-order valence-corrected chi connectivity index (χ0v) is 20.2. The predicted octanol–water partition coefficient (Wildman–Crippen LogP) is 4.46. The number of nitrogens with zero attached hydrogens (tertiary/aromatic N) is 4. The third-order valence-corrected chi connectivity index (χ3v) is 6.89. The summed E-state index contributed by atoms with van der Waals surface area (Å²) in [4.78, 5) is 22.8. The van der Waals surface area contributed by atoms with Gasteiger partial charge in [-0.3, -0.25) is 9.69 Å². The Hall–Kier alpha value is -3.55. The number of aromatic nitrogens is 2. The molecular weight excluding hydrogens is 464 g/mol. The van der Waals surface area contributed by atoms with Crippen molar-refractivity contribution in [3.05, 3.63) is 111 Å². The Labute approximate surface area is 208 Å². The van der Waals surface area contributed by atoms with Gasteiger partial charge < -0.3 is 19.0 Å². The maximum Gasteiger partial charge on any atom is 0.260 e. The molecule has 8 heteroatoms. The third kappa shape index (κ3) is 4.70. The van der Waals surface area contributed by atoms with Gasteiger partial charge in [-0.1, -0.05) is 35.9 Å². The molecule has 1 aliphatic rings. The van der Waals surface area contributed by atoms with E-state index < -0.39 is 6.04 Å². The molecule has 0 radical (unpaired) electrons. The molecule has 0 saturated carbocycles. The minimum Gasteiger partial charge on any atom is -0.507 e. The summed E-state index contributed by atoms with van der Waals surface area (Å²) in [5.41, 5.74) is 1.52. The summed E-state index contributed by atoms with van der Waals surface area (Å²) in [6.07, 6.45) is 3.38.